The number of carbonyl (C=O) groups is 1. The number of fused-ring (bicyclic) bond motifs is 1. The molecule has 3 atom stereocenters. The van der Waals surface area contributed by atoms with Crippen molar-refractivity contribution in [2.45, 2.75) is 52.1 Å². The Hall–Kier alpha value is -0.630. The second-order valence-electron chi connectivity index (χ2n) is 5.36. The highest BCUT2D eigenvalue weighted by Crippen LogP contribution is 2.49. The largest absolute Gasteiger partial charge is 0.389 e. The average molecular weight is 208 g/mol. The quantitative estimate of drug-likeness (QED) is 0.531. The van der Waals surface area contributed by atoms with Crippen molar-refractivity contribution < 1.29 is 9.90 Å². The van der Waals surface area contributed by atoms with Crippen LogP contribution in [0.15, 0.2) is 11.1 Å². The van der Waals surface area contributed by atoms with E-state index in [1.807, 2.05) is 0 Å². The van der Waals surface area contributed by atoms with E-state index < -0.39 is 0 Å². The molecule has 0 aromatic heterocycles. The summed E-state index contributed by atoms with van der Waals surface area (Å²) in [4.78, 5) is 11.2. The third-order valence-electron chi connectivity index (χ3n) is 4.30. The molecule has 0 bridgehead atoms. The van der Waals surface area contributed by atoms with Crippen LogP contribution >= 0.6 is 0 Å². The van der Waals surface area contributed by atoms with Gasteiger partial charge in [-0.15, -0.1) is 0 Å². The zero-order valence-electron chi connectivity index (χ0n) is 9.62. The Kier molecular flexibility index (Phi) is 2.72. The summed E-state index contributed by atoms with van der Waals surface area (Å²) in [5, 5.41) is 10.0. The van der Waals surface area contributed by atoms with Gasteiger partial charge in [-0.1, -0.05) is 12.5 Å². The second kappa shape index (κ2) is 3.75. The SMILES string of the molecule is CC1=C2[C@H](O)CCC[C@@H]2[C@](C)(C=O)CC1. The molecule has 0 amide bonds. The maximum absolute atomic E-state index is 11.2. The van der Waals surface area contributed by atoms with E-state index in [9.17, 15) is 9.90 Å². The summed E-state index contributed by atoms with van der Waals surface area (Å²) in [6.45, 7) is 4.16. The molecular weight excluding hydrogens is 188 g/mol. The molecule has 2 nitrogen and oxygen atoms in total. The molecule has 0 heterocycles. The third kappa shape index (κ3) is 1.65. The molecule has 2 rings (SSSR count). The van der Waals surface area contributed by atoms with Gasteiger partial charge in [-0.3, -0.25) is 0 Å². The molecule has 0 aromatic rings. The van der Waals surface area contributed by atoms with Gasteiger partial charge >= 0.3 is 0 Å². The molecule has 0 radical (unpaired) electrons. The number of aldehydes is 1. The summed E-state index contributed by atoms with van der Waals surface area (Å²) >= 11 is 0. The van der Waals surface area contributed by atoms with Crippen LogP contribution in [0, 0.1) is 11.3 Å². The van der Waals surface area contributed by atoms with Crippen LogP contribution in [0.1, 0.15) is 46.0 Å². The average Bonchev–Trinajstić information content (AvgIpc) is 2.24. The summed E-state index contributed by atoms with van der Waals surface area (Å²) in [7, 11) is 0. The van der Waals surface area contributed by atoms with E-state index in [0.717, 1.165) is 38.4 Å². The van der Waals surface area contributed by atoms with Crippen LogP contribution in [-0.2, 0) is 4.79 Å². The Morgan fingerprint density at radius 3 is 2.87 bits per heavy atom. The van der Waals surface area contributed by atoms with Crippen molar-refractivity contribution in [2.75, 3.05) is 0 Å². The van der Waals surface area contributed by atoms with E-state index in [4.69, 9.17) is 0 Å². The van der Waals surface area contributed by atoms with E-state index in [1.165, 1.54) is 11.1 Å². The summed E-state index contributed by atoms with van der Waals surface area (Å²) in [5.74, 6) is 0.299. The second-order valence-corrected chi connectivity index (χ2v) is 5.36. The standard InChI is InChI=1S/C13H20O2/c1-9-6-7-13(2,8-14)10-4-3-5-11(15)12(9)10/h8,10-11,15H,3-7H2,1-2H3/t10-,11+,13-/m0/s1. The van der Waals surface area contributed by atoms with Gasteiger partial charge in [-0.2, -0.15) is 0 Å². The molecule has 0 aromatic carbocycles. The van der Waals surface area contributed by atoms with Crippen molar-refractivity contribution in [1.29, 1.82) is 0 Å². The number of aliphatic hydroxyl groups is 1. The third-order valence-corrected chi connectivity index (χ3v) is 4.30. The topological polar surface area (TPSA) is 37.3 Å². The summed E-state index contributed by atoms with van der Waals surface area (Å²) in [5.41, 5.74) is 2.28. The lowest BCUT2D eigenvalue weighted by molar-refractivity contribution is -0.119. The fourth-order valence-electron chi connectivity index (χ4n) is 3.24. The van der Waals surface area contributed by atoms with Crippen LogP contribution in [0.3, 0.4) is 0 Å². The van der Waals surface area contributed by atoms with Gasteiger partial charge in [0.05, 0.1) is 6.10 Å². The van der Waals surface area contributed by atoms with Gasteiger partial charge < -0.3 is 9.90 Å². The summed E-state index contributed by atoms with van der Waals surface area (Å²) < 4.78 is 0. The Morgan fingerprint density at radius 2 is 2.20 bits per heavy atom. The molecule has 0 aliphatic heterocycles. The zero-order valence-corrected chi connectivity index (χ0v) is 9.62. The molecule has 2 aliphatic rings. The number of hydrogen-bond donors (Lipinski definition) is 1. The summed E-state index contributed by atoms with van der Waals surface area (Å²) in [6, 6.07) is 0. The van der Waals surface area contributed by atoms with Gasteiger partial charge in [0, 0.05) is 5.41 Å². The monoisotopic (exact) mass is 208 g/mol. The molecule has 1 N–H and O–H groups in total. The summed E-state index contributed by atoms with van der Waals surface area (Å²) in [6.07, 6.45) is 5.73. The van der Waals surface area contributed by atoms with Crippen molar-refractivity contribution >= 4 is 6.29 Å². The zero-order chi connectivity index (χ0) is 11.1. The van der Waals surface area contributed by atoms with E-state index in [0.29, 0.717) is 5.92 Å². The van der Waals surface area contributed by atoms with E-state index >= 15 is 0 Å². The molecule has 0 spiro atoms. The Balaban J connectivity index is 2.39. The number of allylic oxidation sites excluding steroid dienone is 1. The molecule has 84 valence electrons. The number of carbonyl (C=O) groups excluding carboxylic acids is 1. The van der Waals surface area contributed by atoms with E-state index in [-0.39, 0.29) is 11.5 Å². The van der Waals surface area contributed by atoms with Crippen molar-refractivity contribution in [3.63, 3.8) is 0 Å². The molecule has 0 saturated heterocycles. The predicted molar refractivity (Wildman–Crippen MR) is 59.5 cm³/mol. The molecular formula is C13H20O2. The molecule has 2 aliphatic carbocycles. The Morgan fingerprint density at radius 1 is 1.47 bits per heavy atom. The Labute approximate surface area is 91.4 Å². The van der Waals surface area contributed by atoms with Crippen molar-refractivity contribution in [2.24, 2.45) is 11.3 Å². The maximum Gasteiger partial charge on any atom is 0.126 e. The van der Waals surface area contributed by atoms with Crippen LogP contribution in [-0.4, -0.2) is 17.5 Å². The first-order chi connectivity index (χ1) is 7.08. The molecule has 15 heavy (non-hydrogen) atoms. The smallest absolute Gasteiger partial charge is 0.126 e. The van der Waals surface area contributed by atoms with Crippen molar-refractivity contribution in [3.05, 3.63) is 11.1 Å². The van der Waals surface area contributed by atoms with Gasteiger partial charge in [0.25, 0.3) is 0 Å². The maximum atomic E-state index is 11.2. The van der Waals surface area contributed by atoms with Crippen molar-refractivity contribution in [1.82, 2.24) is 0 Å². The fourth-order valence-corrected chi connectivity index (χ4v) is 3.24. The van der Waals surface area contributed by atoms with Crippen molar-refractivity contribution in [3.8, 4) is 0 Å². The number of hydrogen-bond acceptors (Lipinski definition) is 2. The van der Waals surface area contributed by atoms with Gasteiger partial charge in [-0.25, -0.2) is 0 Å². The first kappa shape index (κ1) is 10.9. The first-order valence-electron chi connectivity index (χ1n) is 5.92. The number of aliphatic hydroxyl groups excluding tert-OH is 1. The van der Waals surface area contributed by atoms with E-state index in [1.54, 1.807) is 0 Å². The first-order valence-corrected chi connectivity index (χ1v) is 5.92. The fraction of sp³-hybridized carbons (Fsp3) is 0.769. The molecule has 1 saturated carbocycles. The highest BCUT2D eigenvalue weighted by Gasteiger charge is 2.43. The molecule has 2 heteroatoms. The van der Waals surface area contributed by atoms with Crippen LogP contribution in [0.4, 0.5) is 0 Å². The van der Waals surface area contributed by atoms with Crippen LogP contribution in [0.5, 0.6) is 0 Å². The highest BCUT2D eigenvalue weighted by molar-refractivity contribution is 5.61. The number of rotatable bonds is 1. The minimum Gasteiger partial charge on any atom is -0.389 e. The predicted octanol–water partition coefficient (Wildman–Crippen LogP) is 2.46. The van der Waals surface area contributed by atoms with Gasteiger partial charge in [-0.05, 0) is 50.5 Å². The molecule has 1 fully saturated rings. The lowest BCUT2D eigenvalue weighted by atomic mass is 9.61. The van der Waals surface area contributed by atoms with Crippen LogP contribution in [0.25, 0.3) is 0 Å². The molecule has 0 unspecified atom stereocenters. The lowest BCUT2D eigenvalue weighted by Crippen LogP contribution is -2.40. The van der Waals surface area contributed by atoms with Gasteiger partial charge in [0.2, 0.25) is 0 Å². The minimum absolute atomic E-state index is 0.226. The van der Waals surface area contributed by atoms with Crippen LogP contribution in [0.2, 0.25) is 0 Å². The van der Waals surface area contributed by atoms with Gasteiger partial charge in [0.1, 0.15) is 6.29 Å². The van der Waals surface area contributed by atoms with E-state index in [2.05, 4.69) is 13.8 Å². The lowest BCUT2D eigenvalue weighted by Gasteiger charge is -2.44. The van der Waals surface area contributed by atoms with Gasteiger partial charge in [0.15, 0.2) is 0 Å². The Bertz CT molecular complexity index is 306. The minimum atomic E-state index is -0.289. The highest BCUT2D eigenvalue weighted by atomic mass is 16.3. The van der Waals surface area contributed by atoms with Crippen LogP contribution < -0.4 is 0 Å². The normalized spacial score (nSPS) is 41.3.